The molecule has 1 aromatic carbocycles. The normalized spacial score (nSPS) is 10.3. The first-order valence-electron chi connectivity index (χ1n) is 6.53. The van der Waals surface area contributed by atoms with E-state index in [1.807, 2.05) is 6.07 Å². The van der Waals surface area contributed by atoms with Crippen molar-refractivity contribution in [3.63, 3.8) is 0 Å². The van der Waals surface area contributed by atoms with E-state index in [1.165, 1.54) is 0 Å². The lowest BCUT2D eigenvalue weighted by Crippen LogP contribution is -2.24. The number of rotatable bonds is 6. The number of aromatic nitrogens is 3. The number of aromatic amines is 1. The number of nitrogens with one attached hydrogen (secondary N) is 2. The maximum Gasteiger partial charge on any atom is 0.220 e. The van der Waals surface area contributed by atoms with Gasteiger partial charge in [-0.2, -0.15) is 5.10 Å². The molecule has 2 aromatic rings. The van der Waals surface area contributed by atoms with Crippen LogP contribution in [0.15, 0.2) is 30.3 Å². The first kappa shape index (κ1) is 15.1. The number of carbonyl (C=O) groups excluding carboxylic acids is 2. The van der Waals surface area contributed by atoms with Gasteiger partial charge in [0.25, 0.3) is 0 Å². The Balaban J connectivity index is 1.79. The van der Waals surface area contributed by atoms with Crippen LogP contribution in [0.25, 0.3) is 0 Å². The van der Waals surface area contributed by atoms with Crippen molar-refractivity contribution >= 4 is 23.9 Å². The molecule has 0 radical (unpaired) electrons. The highest BCUT2D eigenvalue weighted by Gasteiger charge is 2.10. The largest absolute Gasteiger partial charge is 0.349 e. The number of nitrogens with zero attached hydrogens (tertiary/aromatic N) is 2. The Morgan fingerprint density at radius 1 is 1.29 bits per heavy atom. The van der Waals surface area contributed by atoms with Gasteiger partial charge < -0.3 is 9.88 Å². The van der Waals surface area contributed by atoms with Gasteiger partial charge in [-0.1, -0.05) is 30.3 Å². The maximum atomic E-state index is 11.9. The average Bonchev–Trinajstić information content (AvgIpc) is 2.83. The molecule has 1 amide bonds. The van der Waals surface area contributed by atoms with Crippen LogP contribution in [0.4, 0.5) is 0 Å². The summed E-state index contributed by atoms with van der Waals surface area (Å²) in [4.78, 5) is 23.6. The number of amides is 1. The Morgan fingerprint density at radius 2 is 2.00 bits per heavy atom. The molecule has 0 bridgehead atoms. The van der Waals surface area contributed by atoms with Gasteiger partial charge in [0.2, 0.25) is 5.91 Å². The molecule has 21 heavy (non-hydrogen) atoms. The number of hydrogen-bond donors (Lipinski definition) is 2. The van der Waals surface area contributed by atoms with Gasteiger partial charge in [-0.05, 0) is 12.2 Å². The molecule has 0 aliphatic carbocycles. The summed E-state index contributed by atoms with van der Waals surface area (Å²) in [6.07, 6.45) is 0.345. The second kappa shape index (κ2) is 6.94. The van der Waals surface area contributed by atoms with Gasteiger partial charge in [-0.25, -0.2) is 0 Å². The molecule has 0 saturated heterocycles. The van der Waals surface area contributed by atoms with E-state index in [9.17, 15) is 9.59 Å². The zero-order chi connectivity index (χ0) is 15.2. The standard InChI is InChI=1S/C14H16N4O2S/c1-18-12(16-17-14(18)21)9-15-13(20)8-7-11(19)10-5-3-2-4-6-10/h2-6H,7-9H2,1H3,(H,15,20)(H,17,21). The number of H-pyrrole nitrogens is 1. The second-order valence-electron chi connectivity index (χ2n) is 4.57. The number of carbonyl (C=O) groups is 2. The van der Waals surface area contributed by atoms with E-state index in [2.05, 4.69) is 15.5 Å². The van der Waals surface area contributed by atoms with Crippen molar-refractivity contribution in [2.45, 2.75) is 19.4 Å². The first-order valence-corrected chi connectivity index (χ1v) is 6.94. The van der Waals surface area contributed by atoms with Gasteiger partial charge in [0.05, 0.1) is 6.54 Å². The van der Waals surface area contributed by atoms with Crippen LogP contribution in [0, 0.1) is 4.77 Å². The zero-order valence-electron chi connectivity index (χ0n) is 11.6. The summed E-state index contributed by atoms with van der Waals surface area (Å²) in [5, 5.41) is 9.36. The molecule has 0 aliphatic heterocycles. The Hall–Kier alpha value is -2.28. The van der Waals surface area contributed by atoms with Crippen LogP contribution in [0.2, 0.25) is 0 Å². The molecule has 1 aromatic heterocycles. The van der Waals surface area contributed by atoms with Crippen LogP contribution >= 0.6 is 12.2 Å². The predicted octanol–water partition coefficient (Wildman–Crippen LogP) is 1.76. The number of hydrogen-bond acceptors (Lipinski definition) is 4. The van der Waals surface area contributed by atoms with Crippen LogP contribution in [0.3, 0.4) is 0 Å². The molecule has 7 heteroatoms. The van der Waals surface area contributed by atoms with Gasteiger partial charge >= 0.3 is 0 Å². The quantitative estimate of drug-likeness (QED) is 0.629. The molecular formula is C14H16N4O2S. The molecule has 2 N–H and O–H groups in total. The Morgan fingerprint density at radius 3 is 2.62 bits per heavy atom. The molecule has 0 saturated carbocycles. The van der Waals surface area contributed by atoms with E-state index in [0.29, 0.717) is 16.2 Å². The van der Waals surface area contributed by atoms with Crippen LogP contribution in [-0.4, -0.2) is 26.5 Å². The molecule has 1 heterocycles. The summed E-state index contributed by atoms with van der Waals surface area (Å²) in [7, 11) is 1.77. The smallest absolute Gasteiger partial charge is 0.220 e. The minimum Gasteiger partial charge on any atom is -0.349 e. The lowest BCUT2D eigenvalue weighted by atomic mass is 10.1. The summed E-state index contributed by atoms with van der Waals surface area (Å²) in [5.41, 5.74) is 0.625. The molecule has 0 aliphatic rings. The molecular weight excluding hydrogens is 288 g/mol. The highest BCUT2D eigenvalue weighted by molar-refractivity contribution is 7.71. The fraction of sp³-hybridized carbons (Fsp3) is 0.286. The average molecular weight is 304 g/mol. The topological polar surface area (TPSA) is 79.8 Å². The lowest BCUT2D eigenvalue weighted by Gasteiger charge is -2.04. The molecule has 0 unspecified atom stereocenters. The third-order valence-electron chi connectivity index (χ3n) is 3.09. The van der Waals surface area contributed by atoms with Crippen LogP contribution in [-0.2, 0) is 18.4 Å². The third kappa shape index (κ3) is 4.09. The van der Waals surface area contributed by atoms with Crippen molar-refractivity contribution in [3.05, 3.63) is 46.5 Å². The van der Waals surface area contributed by atoms with Crippen molar-refractivity contribution in [2.24, 2.45) is 7.05 Å². The van der Waals surface area contributed by atoms with Crippen molar-refractivity contribution < 1.29 is 9.59 Å². The van der Waals surface area contributed by atoms with Gasteiger partial charge in [-0.3, -0.25) is 14.7 Å². The highest BCUT2D eigenvalue weighted by atomic mass is 32.1. The molecule has 6 nitrogen and oxygen atoms in total. The van der Waals surface area contributed by atoms with Crippen molar-refractivity contribution in [2.75, 3.05) is 0 Å². The van der Waals surface area contributed by atoms with E-state index >= 15 is 0 Å². The van der Waals surface area contributed by atoms with Gasteiger partial charge in [0.1, 0.15) is 0 Å². The van der Waals surface area contributed by atoms with Crippen molar-refractivity contribution in [1.82, 2.24) is 20.1 Å². The van der Waals surface area contributed by atoms with Gasteiger partial charge in [0.15, 0.2) is 16.4 Å². The maximum absolute atomic E-state index is 11.9. The Bertz CT molecular complexity index is 690. The molecule has 2 rings (SSSR count). The fourth-order valence-corrected chi connectivity index (χ4v) is 1.95. The highest BCUT2D eigenvalue weighted by Crippen LogP contribution is 2.05. The summed E-state index contributed by atoms with van der Waals surface area (Å²) in [6, 6.07) is 8.94. The minimum absolute atomic E-state index is 0.0380. The summed E-state index contributed by atoms with van der Waals surface area (Å²) in [6.45, 7) is 0.280. The van der Waals surface area contributed by atoms with Crippen molar-refractivity contribution in [1.29, 1.82) is 0 Å². The van der Waals surface area contributed by atoms with Crippen LogP contribution < -0.4 is 5.32 Å². The van der Waals surface area contributed by atoms with Crippen molar-refractivity contribution in [3.8, 4) is 0 Å². The van der Waals surface area contributed by atoms with Crippen LogP contribution in [0.1, 0.15) is 29.0 Å². The van der Waals surface area contributed by atoms with E-state index < -0.39 is 0 Å². The fourth-order valence-electron chi connectivity index (χ4n) is 1.80. The number of benzene rings is 1. The van der Waals surface area contributed by atoms with E-state index in [4.69, 9.17) is 12.2 Å². The first-order chi connectivity index (χ1) is 10.1. The second-order valence-corrected chi connectivity index (χ2v) is 4.96. The predicted molar refractivity (Wildman–Crippen MR) is 80.2 cm³/mol. The SMILES string of the molecule is Cn1c(CNC(=O)CCC(=O)c2ccccc2)n[nH]c1=S. The van der Waals surface area contributed by atoms with E-state index in [-0.39, 0.29) is 31.1 Å². The molecule has 110 valence electrons. The third-order valence-corrected chi connectivity index (χ3v) is 3.46. The lowest BCUT2D eigenvalue weighted by molar-refractivity contribution is -0.121. The Kier molecular flexibility index (Phi) is 4.99. The summed E-state index contributed by atoms with van der Waals surface area (Å²) in [5.74, 6) is 0.417. The number of ketones is 1. The van der Waals surface area contributed by atoms with E-state index in [0.717, 1.165) is 0 Å². The summed E-state index contributed by atoms with van der Waals surface area (Å²) >= 11 is 4.98. The minimum atomic E-state index is -0.187. The van der Waals surface area contributed by atoms with Gasteiger partial charge in [0, 0.05) is 25.5 Å². The molecule has 0 fully saturated rings. The molecule has 0 atom stereocenters. The van der Waals surface area contributed by atoms with Crippen LogP contribution in [0.5, 0.6) is 0 Å². The van der Waals surface area contributed by atoms with Gasteiger partial charge in [-0.15, -0.1) is 0 Å². The monoisotopic (exact) mass is 304 g/mol. The summed E-state index contributed by atoms with van der Waals surface area (Å²) < 4.78 is 2.18. The molecule has 0 spiro atoms. The Labute approximate surface area is 127 Å². The van der Waals surface area contributed by atoms with E-state index in [1.54, 1.807) is 35.9 Å². The zero-order valence-corrected chi connectivity index (χ0v) is 12.4. The number of Topliss-reactive ketones (excluding diaryl/α,β-unsaturated/α-hetero) is 1.